The van der Waals surface area contributed by atoms with Crippen molar-refractivity contribution >= 4 is 34.0 Å². The zero-order valence-corrected chi connectivity index (χ0v) is 14.3. The maximum atomic E-state index is 12.5. The molecule has 0 saturated heterocycles. The first kappa shape index (κ1) is 16.1. The lowest BCUT2D eigenvalue weighted by Crippen LogP contribution is -2.34. The van der Waals surface area contributed by atoms with Crippen LogP contribution in [0.15, 0.2) is 60.7 Å². The summed E-state index contributed by atoms with van der Waals surface area (Å²) in [7, 11) is 0. The van der Waals surface area contributed by atoms with Crippen LogP contribution in [0.25, 0.3) is 10.8 Å². The highest BCUT2D eigenvalue weighted by Gasteiger charge is 2.23. The van der Waals surface area contributed by atoms with Gasteiger partial charge in [-0.15, -0.1) is 0 Å². The maximum absolute atomic E-state index is 12.5. The third-order valence-electron chi connectivity index (χ3n) is 4.43. The number of anilines is 2. The smallest absolute Gasteiger partial charge is 0.265 e. The van der Waals surface area contributed by atoms with Crippen LogP contribution in [0.4, 0.5) is 11.4 Å². The van der Waals surface area contributed by atoms with Crippen molar-refractivity contribution in [1.82, 2.24) is 0 Å². The third-order valence-corrected chi connectivity index (χ3v) is 4.43. The molecule has 3 aromatic carbocycles. The highest BCUT2D eigenvalue weighted by Crippen LogP contribution is 2.32. The standard InChI is InChI=1S/C21H18N2O3/c1-13-21(25)23-18-12-16(9-10-19(18)26-13)22-20(24)11-15-7-4-6-14-5-2-3-8-17(14)15/h2-10,12-13H,11H2,1H3,(H,22,24)(H,23,25)/t13-/m1/s1. The van der Waals surface area contributed by atoms with E-state index in [0.717, 1.165) is 16.3 Å². The fourth-order valence-corrected chi connectivity index (χ4v) is 3.11. The largest absolute Gasteiger partial charge is 0.479 e. The summed E-state index contributed by atoms with van der Waals surface area (Å²) in [5.41, 5.74) is 2.16. The van der Waals surface area contributed by atoms with Crippen LogP contribution >= 0.6 is 0 Å². The van der Waals surface area contributed by atoms with Crippen molar-refractivity contribution in [3.8, 4) is 5.75 Å². The number of fused-ring (bicyclic) bond motifs is 2. The fourth-order valence-electron chi connectivity index (χ4n) is 3.11. The molecule has 0 bridgehead atoms. The fraction of sp³-hybridized carbons (Fsp3) is 0.143. The van der Waals surface area contributed by atoms with Crippen molar-refractivity contribution in [2.24, 2.45) is 0 Å². The molecule has 2 N–H and O–H groups in total. The molecule has 130 valence electrons. The minimum absolute atomic E-state index is 0.113. The van der Waals surface area contributed by atoms with E-state index in [1.165, 1.54) is 0 Å². The van der Waals surface area contributed by atoms with Gasteiger partial charge in [0.2, 0.25) is 5.91 Å². The van der Waals surface area contributed by atoms with Crippen LogP contribution in [-0.2, 0) is 16.0 Å². The normalized spacial score (nSPS) is 15.7. The molecule has 0 unspecified atom stereocenters. The molecule has 2 amide bonds. The summed E-state index contributed by atoms with van der Waals surface area (Å²) in [6.07, 6.45) is -0.243. The molecule has 1 aliphatic rings. The van der Waals surface area contributed by atoms with Crippen molar-refractivity contribution in [2.45, 2.75) is 19.4 Å². The number of benzene rings is 3. The Morgan fingerprint density at radius 1 is 1.12 bits per heavy atom. The van der Waals surface area contributed by atoms with E-state index in [0.29, 0.717) is 17.1 Å². The van der Waals surface area contributed by atoms with E-state index in [1.807, 2.05) is 42.5 Å². The summed E-state index contributed by atoms with van der Waals surface area (Å²) in [4.78, 5) is 24.2. The zero-order chi connectivity index (χ0) is 18.1. The van der Waals surface area contributed by atoms with E-state index in [2.05, 4.69) is 10.6 Å². The van der Waals surface area contributed by atoms with Gasteiger partial charge in [0.25, 0.3) is 5.91 Å². The molecular weight excluding hydrogens is 328 g/mol. The Morgan fingerprint density at radius 3 is 2.81 bits per heavy atom. The second kappa shape index (κ2) is 6.52. The van der Waals surface area contributed by atoms with Crippen LogP contribution in [0.2, 0.25) is 0 Å². The quantitative estimate of drug-likeness (QED) is 0.759. The van der Waals surface area contributed by atoms with Crippen molar-refractivity contribution < 1.29 is 14.3 Å². The topological polar surface area (TPSA) is 67.4 Å². The zero-order valence-electron chi connectivity index (χ0n) is 14.3. The van der Waals surface area contributed by atoms with Gasteiger partial charge >= 0.3 is 0 Å². The van der Waals surface area contributed by atoms with Gasteiger partial charge in [-0.3, -0.25) is 9.59 Å². The Labute approximate surface area is 151 Å². The number of ether oxygens (including phenoxy) is 1. The maximum Gasteiger partial charge on any atom is 0.265 e. The molecule has 0 fully saturated rings. The van der Waals surface area contributed by atoms with E-state index in [-0.39, 0.29) is 18.2 Å². The molecular formula is C21H18N2O3. The summed E-state index contributed by atoms with van der Waals surface area (Å²) in [6.45, 7) is 1.69. The number of nitrogens with one attached hydrogen (secondary N) is 2. The van der Waals surface area contributed by atoms with E-state index >= 15 is 0 Å². The summed E-state index contributed by atoms with van der Waals surface area (Å²) >= 11 is 0. The van der Waals surface area contributed by atoms with Crippen LogP contribution in [-0.4, -0.2) is 17.9 Å². The summed E-state index contributed by atoms with van der Waals surface area (Å²) in [6, 6.07) is 19.2. The number of hydrogen-bond donors (Lipinski definition) is 2. The molecule has 5 heteroatoms. The first-order valence-electron chi connectivity index (χ1n) is 8.48. The van der Waals surface area contributed by atoms with Crippen LogP contribution in [0.5, 0.6) is 5.75 Å². The lowest BCUT2D eigenvalue weighted by molar-refractivity contribution is -0.122. The minimum Gasteiger partial charge on any atom is -0.479 e. The van der Waals surface area contributed by atoms with Crippen molar-refractivity contribution in [1.29, 1.82) is 0 Å². The van der Waals surface area contributed by atoms with Crippen LogP contribution in [0.1, 0.15) is 12.5 Å². The molecule has 0 saturated carbocycles. The van der Waals surface area contributed by atoms with Gasteiger partial charge in [-0.05, 0) is 41.5 Å². The van der Waals surface area contributed by atoms with Gasteiger partial charge in [0.05, 0.1) is 12.1 Å². The number of rotatable bonds is 3. The highest BCUT2D eigenvalue weighted by molar-refractivity contribution is 6.00. The Bertz CT molecular complexity index is 1010. The molecule has 1 aliphatic heterocycles. The van der Waals surface area contributed by atoms with Gasteiger partial charge < -0.3 is 15.4 Å². The van der Waals surface area contributed by atoms with Crippen molar-refractivity contribution in [2.75, 3.05) is 10.6 Å². The Morgan fingerprint density at radius 2 is 1.92 bits per heavy atom. The summed E-state index contributed by atoms with van der Waals surface area (Å²) < 4.78 is 5.52. The van der Waals surface area contributed by atoms with E-state index in [9.17, 15) is 9.59 Å². The van der Waals surface area contributed by atoms with Gasteiger partial charge in [0.15, 0.2) is 6.10 Å². The molecule has 0 radical (unpaired) electrons. The number of amides is 2. The molecule has 0 spiro atoms. The molecule has 0 aliphatic carbocycles. The van der Waals surface area contributed by atoms with E-state index < -0.39 is 6.10 Å². The van der Waals surface area contributed by atoms with Gasteiger partial charge in [0.1, 0.15) is 5.75 Å². The second-order valence-corrected chi connectivity index (χ2v) is 6.32. The first-order chi connectivity index (χ1) is 12.6. The highest BCUT2D eigenvalue weighted by atomic mass is 16.5. The lowest BCUT2D eigenvalue weighted by atomic mass is 10.0. The average Bonchev–Trinajstić information content (AvgIpc) is 2.63. The summed E-state index contributed by atoms with van der Waals surface area (Å²) in [5.74, 6) is 0.290. The van der Waals surface area contributed by atoms with Crippen molar-refractivity contribution in [3.05, 3.63) is 66.2 Å². The van der Waals surface area contributed by atoms with Crippen molar-refractivity contribution in [3.63, 3.8) is 0 Å². The molecule has 1 heterocycles. The molecule has 3 aromatic rings. The monoisotopic (exact) mass is 346 g/mol. The van der Waals surface area contributed by atoms with Crippen LogP contribution in [0.3, 0.4) is 0 Å². The Kier molecular flexibility index (Phi) is 4.05. The lowest BCUT2D eigenvalue weighted by Gasteiger charge is -2.23. The van der Waals surface area contributed by atoms with Gasteiger partial charge in [-0.25, -0.2) is 0 Å². The van der Waals surface area contributed by atoms with Crippen LogP contribution in [0, 0.1) is 0 Å². The number of carbonyl (C=O) groups is 2. The molecule has 1 atom stereocenters. The Hall–Kier alpha value is -3.34. The van der Waals surface area contributed by atoms with E-state index in [4.69, 9.17) is 4.74 Å². The molecule has 5 nitrogen and oxygen atoms in total. The van der Waals surface area contributed by atoms with Gasteiger partial charge in [-0.2, -0.15) is 0 Å². The average molecular weight is 346 g/mol. The van der Waals surface area contributed by atoms with Crippen LogP contribution < -0.4 is 15.4 Å². The SMILES string of the molecule is C[C@H]1Oc2ccc(NC(=O)Cc3cccc4ccccc34)cc2NC1=O. The molecule has 26 heavy (non-hydrogen) atoms. The van der Waals surface area contributed by atoms with Gasteiger partial charge in [-0.1, -0.05) is 42.5 Å². The molecule has 4 rings (SSSR count). The minimum atomic E-state index is -0.519. The predicted octanol–water partition coefficient (Wildman–Crippen LogP) is 3.74. The predicted molar refractivity (Wildman–Crippen MR) is 101 cm³/mol. The van der Waals surface area contributed by atoms with Gasteiger partial charge in [0, 0.05) is 5.69 Å². The number of carbonyl (C=O) groups excluding carboxylic acids is 2. The Balaban J connectivity index is 1.52. The summed E-state index contributed by atoms with van der Waals surface area (Å²) in [5, 5.41) is 7.85. The second-order valence-electron chi connectivity index (χ2n) is 6.32. The third kappa shape index (κ3) is 3.11. The first-order valence-corrected chi connectivity index (χ1v) is 8.48. The van der Waals surface area contributed by atoms with E-state index in [1.54, 1.807) is 25.1 Å². The molecule has 0 aromatic heterocycles. The number of hydrogen-bond acceptors (Lipinski definition) is 3.